The van der Waals surface area contributed by atoms with Crippen LogP contribution in [0, 0.1) is 0 Å². The summed E-state index contributed by atoms with van der Waals surface area (Å²) >= 11 is 0. The molecular weight excluding hydrogens is 937 g/mol. The largest absolute Gasteiger partial charge is 0.457 e. The van der Waals surface area contributed by atoms with Gasteiger partial charge in [0.15, 0.2) is 0 Å². The van der Waals surface area contributed by atoms with Crippen LogP contribution in [0.4, 0.5) is 22.7 Å². The molecule has 11 aromatic carbocycles. The van der Waals surface area contributed by atoms with Gasteiger partial charge in [0.05, 0.1) is 28.1 Å². The monoisotopic (exact) mass is 984 g/mol. The van der Waals surface area contributed by atoms with Crippen LogP contribution in [0.5, 0.6) is 11.5 Å². The number of hydrogen-bond donors (Lipinski definition) is 0. The normalized spacial score (nSPS) is 12.3. The van der Waals surface area contributed by atoms with Gasteiger partial charge < -0.3 is 14.5 Å². The van der Waals surface area contributed by atoms with Crippen molar-refractivity contribution in [1.82, 2.24) is 9.38 Å². The first-order valence-corrected chi connectivity index (χ1v) is 26.3. The molecule has 3 aromatic heterocycles. The van der Waals surface area contributed by atoms with E-state index in [1.54, 1.807) is 0 Å². The quantitative estimate of drug-likeness (QED) is 0.152. The van der Waals surface area contributed by atoms with Gasteiger partial charge in [-0.25, -0.2) is 4.98 Å². The predicted molar refractivity (Wildman–Crippen MR) is 322 cm³/mol. The van der Waals surface area contributed by atoms with Gasteiger partial charge in [-0.2, -0.15) is 0 Å². The summed E-state index contributed by atoms with van der Waals surface area (Å²) in [6.45, 7) is 0.597. The van der Waals surface area contributed by atoms with Crippen LogP contribution < -0.4 is 14.5 Å². The maximum Gasteiger partial charge on any atom is 0.145 e. The Balaban J connectivity index is 0.947. The second-order valence-corrected chi connectivity index (χ2v) is 19.8. The molecule has 0 saturated carbocycles. The van der Waals surface area contributed by atoms with E-state index in [2.05, 4.69) is 287 Å². The Hall–Kier alpha value is -10.2. The minimum atomic E-state index is 0.597. The molecule has 0 atom stereocenters. The lowest BCUT2D eigenvalue weighted by atomic mass is 9.95. The highest BCUT2D eigenvalue weighted by Crippen LogP contribution is 2.51. The second-order valence-electron chi connectivity index (χ2n) is 19.8. The van der Waals surface area contributed by atoms with E-state index in [1.807, 2.05) is 6.20 Å². The molecule has 0 N–H and O–H groups in total. The highest BCUT2D eigenvalue weighted by molar-refractivity contribution is 6.26. The Morgan fingerprint density at radius 3 is 1.45 bits per heavy atom. The Labute approximate surface area is 446 Å². The van der Waals surface area contributed by atoms with Crippen LogP contribution >= 0.6 is 0 Å². The zero-order valence-electron chi connectivity index (χ0n) is 42.0. The number of nitrogens with zero attached hydrogens (tertiary/aromatic N) is 4. The van der Waals surface area contributed by atoms with Crippen LogP contribution in [0.3, 0.4) is 0 Å². The minimum absolute atomic E-state index is 0.597. The third-order valence-electron chi connectivity index (χ3n) is 15.5. The van der Waals surface area contributed by atoms with Crippen molar-refractivity contribution >= 4 is 82.5 Å². The number of anilines is 4. The second kappa shape index (κ2) is 18.3. The van der Waals surface area contributed by atoms with E-state index in [4.69, 9.17) is 9.72 Å². The van der Waals surface area contributed by atoms with Gasteiger partial charge in [-0.1, -0.05) is 206 Å². The van der Waals surface area contributed by atoms with Gasteiger partial charge in [-0.05, 0) is 104 Å². The molecule has 0 bridgehead atoms. The van der Waals surface area contributed by atoms with E-state index in [1.165, 1.54) is 38.7 Å². The van der Waals surface area contributed by atoms with E-state index in [0.717, 1.165) is 99.8 Å². The fraction of sp³-hybridized carbons (Fsp3) is 0.0139. The van der Waals surface area contributed by atoms with Gasteiger partial charge in [0.2, 0.25) is 0 Å². The van der Waals surface area contributed by atoms with Crippen molar-refractivity contribution < 1.29 is 4.74 Å². The molecule has 0 spiro atoms. The molecule has 0 radical (unpaired) electrons. The van der Waals surface area contributed by atoms with Crippen LogP contribution in [0.15, 0.2) is 279 Å². The van der Waals surface area contributed by atoms with Gasteiger partial charge in [-0.3, -0.25) is 4.40 Å². The number of aromatic nitrogens is 2. The summed E-state index contributed by atoms with van der Waals surface area (Å²) in [6, 6.07) is 98.1. The van der Waals surface area contributed by atoms with Crippen molar-refractivity contribution in [2.24, 2.45) is 0 Å². The number of rotatable bonds is 8. The summed E-state index contributed by atoms with van der Waals surface area (Å²) < 4.78 is 9.77. The Kier molecular flexibility index (Phi) is 10.5. The number of para-hydroxylation sites is 3. The standard InChI is InChI=1S/C72H48N4O/c1-5-22-48(23-6-1)52-42-64-60-35-16-14-33-58(60)57-32-13-15-34-59(57)61-38-21-41-73-72(61)76-68-46-69(62(51-28-11-4-12-29-51)45-63(68)65(43-52)71(64)76)77-54-31-19-30-53(44-54)74-47-75(67-40-18-17-39-66(67)74)70-55(49-24-7-2-8-25-49)36-20-37-56(70)50-26-9-3-10-27-50/h1-46H,47H2. The van der Waals surface area contributed by atoms with Crippen molar-refractivity contribution in [1.29, 1.82) is 0 Å². The van der Waals surface area contributed by atoms with Crippen molar-refractivity contribution in [2.75, 3.05) is 16.5 Å². The molecule has 0 fully saturated rings. The van der Waals surface area contributed by atoms with Crippen molar-refractivity contribution in [2.45, 2.75) is 0 Å². The Morgan fingerprint density at radius 2 is 0.831 bits per heavy atom. The summed E-state index contributed by atoms with van der Waals surface area (Å²) in [5, 5.41) is 9.09. The maximum atomic E-state index is 7.37. The van der Waals surface area contributed by atoms with Gasteiger partial charge in [0.25, 0.3) is 0 Å². The first-order chi connectivity index (χ1) is 38.2. The van der Waals surface area contributed by atoms with Crippen LogP contribution in [0.25, 0.3) is 104 Å². The molecule has 5 heteroatoms. The van der Waals surface area contributed by atoms with Crippen LogP contribution in [-0.4, -0.2) is 16.1 Å². The highest BCUT2D eigenvalue weighted by Gasteiger charge is 2.32. The molecule has 0 aliphatic carbocycles. The third kappa shape index (κ3) is 7.43. The summed E-state index contributed by atoms with van der Waals surface area (Å²) in [5.41, 5.74) is 16.5. The van der Waals surface area contributed by atoms with E-state index in [9.17, 15) is 0 Å². The van der Waals surface area contributed by atoms with Crippen LogP contribution in [0.1, 0.15) is 0 Å². The molecule has 15 rings (SSSR count). The first kappa shape index (κ1) is 44.3. The smallest absolute Gasteiger partial charge is 0.145 e. The fourth-order valence-electron chi connectivity index (χ4n) is 12.0. The third-order valence-corrected chi connectivity index (χ3v) is 15.5. The maximum absolute atomic E-state index is 7.37. The molecular formula is C72H48N4O. The van der Waals surface area contributed by atoms with E-state index >= 15 is 0 Å². The molecule has 0 saturated heterocycles. The molecule has 1 aliphatic rings. The van der Waals surface area contributed by atoms with E-state index in [-0.39, 0.29) is 0 Å². The van der Waals surface area contributed by atoms with Crippen molar-refractivity contribution in [3.8, 4) is 56.0 Å². The minimum Gasteiger partial charge on any atom is -0.457 e. The molecule has 362 valence electrons. The number of benzene rings is 11. The van der Waals surface area contributed by atoms with Crippen LogP contribution in [-0.2, 0) is 0 Å². The summed E-state index contributed by atoms with van der Waals surface area (Å²) in [4.78, 5) is 10.2. The molecule has 4 heterocycles. The molecule has 0 amide bonds. The van der Waals surface area contributed by atoms with Crippen LogP contribution in [0.2, 0.25) is 0 Å². The molecule has 1 aliphatic heterocycles. The fourth-order valence-corrected chi connectivity index (χ4v) is 12.0. The lowest BCUT2D eigenvalue weighted by Crippen LogP contribution is -2.24. The highest BCUT2D eigenvalue weighted by atomic mass is 16.5. The summed E-state index contributed by atoms with van der Waals surface area (Å²) in [6.07, 6.45) is 1.92. The number of ether oxygens (including phenoxy) is 1. The average molecular weight is 985 g/mol. The molecule has 0 unspecified atom stereocenters. The number of hydrogen-bond acceptors (Lipinski definition) is 4. The lowest BCUT2D eigenvalue weighted by molar-refractivity contribution is 0.485. The number of pyridine rings is 1. The number of fused-ring (bicyclic) bond motifs is 11. The van der Waals surface area contributed by atoms with E-state index < -0.39 is 0 Å². The van der Waals surface area contributed by atoms with Gasteiger partial charge in [-0.15, -0.1) is 0 Å². The summed E-state index contributed by atoms with van der Waals surface area (Å²) in [5.74, 6) is 1.48. The molecule has 77 heavy (non-hydrogen) atoms. The predicted octanol–water partition coefficient (Wildman–Crippen LogP) is 19.4. The Morgan fingerprint density at radius 1 is 0.338 bits per heavy atom. The topological polar surface area (TPSA) is 33.0 Å². The van der Waals surface area contributed by atoms with Crippen molar-refractivity contribution in [3.63, 3.8) is 0 Å². The first-order valence-electron chi connectivity index (χ1n) is 26.3. The molecule has 5 nitrogen and oxygen atoms in total. The van der Waals surface area contributed by atoms with E-state index in [0.29, 0.717) is 6.67 Å². The average Bonchev–Trinajstić information content (AvgIpc) is 4.15. The van der Waals surface area contributed by atoms with Gasteiger partial charge in [0.1, 0.15) is 23.8 Å². The van der Waals surface area contributed by atoms with Crippen molar-refractivity contribution in [3.05, 3.63) is 279 Å². The van der Waals surface area contributed by atoms with Gasteiger partial charge in [0, 0.05) is 62.3 Å². The lowest BCUT2D eigenvalue weighted by Gasteiger charge is -2.27. The summed E-state index contributed by atoms with van der Waals surface area (Å²) in [7, 11) is 0. The molecule has 14 aromatic rings. The Bertz CT molecular complexity index is 4570. The zero-order valence-corrected chi connectivity index (χ0v) is 42.0. The zero-order chi connectivity index (χ0) is 50.8. The van der Waals surface area contributed by atoms with Gasteiger partial charge >= 0.3 is 0 Å². The SMILES string of the molecule is c1ccc(-c2cc3c4ccccc4c4ccccc4c4cccnc4n4c5cc(Oc6cccc(N7CN(c8c(-c9ccccc9)cccc8-c8ccccc8)c8ccccc87)c6)c(-c6ccccc6)cc5c(c2)c34)cc1.